The van der Waals surface area contributed by atoms with Gasteiger partial charge in [0.2, 0.25) is 5.91 Å². The number of nitriles is 1. The second-order valence-electron chi connectivity index (χ2n) is 4.70. The Balaban J connectivity index is 2.61. The number of rotatable bonds is 1. The van der Waals surface area contributed by atoms with Crippen LogP contribution in [0.1, 0.15) is 27.2 Å². The van der Waals surface area contributed by atoms with Crippen molar-refractivity contribution >= 4 is 5.91 Å². The van der Waals surface area contributed by atoms with Gasteiger partial charge in [-0.3, -0.25) is 4.79 Å². The summed E-state index contributed by atoms with van der Waals surface area (Å²) in [5, 5.41) is 8.49. The fourth-order valence-corrected chi connectivity index (χ4v) is 1.59. The van der Waals surface area contributed by atoms with Crippen LogP contribution >= 0.6 is 0 Å². The zero-order valence-corrected chi connectivity index (χ0v) is 8.50. The molecular formula is C10H16N2O. The van der Waals surface area contributed by atoms with Gasteiger partial charge in [0.25, 0.3) is 0 Å². The lowest BCUT2D eigenvalue weighted by molar-refractivity contribution is -0.127. The molecule has 0 spiro atoms. The molecule has 1 fully saturated rings. The van der Waals surface area contributed by atoms with E-state index in [0.29, 0.717) is 12.3 Å². The maximum atomic E-state index is 11.4. The first-order chi connectivity index (χ1) is 5.95. The second-order valence-corrected chi connectivity index (χ2v) is 4.70. The largest absolute Gasteiger partial charge is 0.329 e. The molecular weight excluding hydrogens is 164 g/mol. The van der Waals surface area contributed by atoms with E-state index in [-0.39, 0.29) is 17.9 Å². The van der Waals surface area contributed by atoms with Gasteiger partial charge in [0, 0.05) is 13.0 Å². The normalized spacial score (nSPS) is 23.4. The van der Waals surface area contributed by atoms with E-state index >= 15 is 0 Å². The predicted molar refractivity (Wildman–Crippen MR) is 49.8 cm³/mol. The fourth-order valence-electron chi connectivity index (χ4n) is 1.59. The van der Waals surface area contributed by atoms with Crippen LogP contribution in [-0.2, 0) is 4.79 Å². The molecule has 0 bridgehead atoms. The van der Waals surface area contributed by atoms with Crippen molar-refractivity contribution in [3.63, 3.8) is 0 Å². The van der Waals surface area contributed by atoms with Crippen LogP contribution in [0.5, 0.6) is 0 Å². The van der Waals surface area contributed by atoms with E-state index in [0.717, 1.165) is 6.54 Å². The minimum absolute atomic E-state index is 0.126. The van der Waals surface area contributed by atoms with E-state index in [4.69, 9.17) is 5.26 Å². The molecule has 1 aliphatic rings. The highest BCUT2D eigenvalue weighted by atomic mass is 16.2. The molecule has 0 aromatic heterocycles. The molecule has 0 aliphatic carbocycles. The minimum atomic E-state index is 0.126. The van der Waals surface area contributed by atoms with Crippen LogP contribution in [0.3, 0.4) is 0 Å². The van der Waals surface area contributed by atoms with E-state index < -0.39 is 0 Å². The molecule has 1 atom stereocenters. The molecule has 0 N–H and O–H groups in total. The molecule has 3 heteroatoms. The van der Waals surface area contributed by atoms with Crippen LogP contribution in [0.4, 0.5) is 0 Å². The summed E-state index contributed by atoms with van der Waals surface area (Å²) in [5.74, 6) is 0.523. The maximum absolute atomic E-state index is 11.4. The van der Waals surface area contributed by atoms with Crippen LogP contribution in [-0.4, -0.2) is 23.9 Å². The Hall–Kier alpha value is -1.04. The predicted octanol–water partition coefficient (Wildman–Crippen LogP) is 1.40. The van der Waals surface area contributed by atoms with Gasteiger partial charge in [-0.05, 0) is 11.3 Å². The van der Waals surface area contributed by atoms with Crippen molar-refractivity contribution < 1.29 is 4.79 Å². The lowest BCUT2D eigenvalue weighted by atomic mass is 9.80. The first-order valence-electron chi connectivity index (χ1n) is 4.60. The number of likely N-dealkylation sites (tertiary alicyclic amines) is 1. The molecule has 1 saturated heterocycles. The summed E-state index contributed by atoms with van der Waals surface area (Å²) in [7, 11) is 0. The summed E-state index contributed by atoms with van der Waals surface area (Å²) in [6.07, 6.45) is 0.602. The standard InChI is InChI=1S/C10H16N2O/c1-10(2,3)8-6-9(13)12(7-8)5-4-11/h8H,5-7H2,1-3H3. The Bertz CT molecular complexity index is 247. The molecule has 0 radical (unpaired) electrons. The quantitative estimate of drug-likeness (QED) is 0.572. The first kappa shape index (κ1) is 10.0. The average Bonchev–Trinajstić information content (AvgIpc) is 2.32. The molecule has 3 nitrogen and oxygen atoms in total. The smallest absolute Gasteiger partial charge is 0.223 e. The molecule has 13 heavy (non-hydrogen) atoms. The highest BCUT2D eigenvalue weighted by Crippen LogP contribution is 2.33. The molecule has 1 rings (SSSR count). The molecule has 1 amide bonds. The van der Waals surface area contributed by atoms with Gasteiger partial charge in [0.1, 0.15) is 6.54 Å². The van der Waals surface area contributed by atoms with E-state index in [2.05, 4.69) is 20.8 Å². The summed E-state index contributed by atoms with van der Waals surface area (Å²) in [6.45, 7) is 7.41. The Labute approximate surface area is 79.3 Å². The highest BCUT2D eigenvalue weighted by molar-refractivity contribution is 5.79. The second kappa shape index (κ2) is 3.37. The SMILES string of the molecule is CC(C)(C)C1CC(=O)N(CC#N)C1. The maximum Gasteiger partial charge on any atom is 0.223 e. The molecule has 72 valence electrons. The molecule has 1 aliphatic heterocycles. The summed E-state index contributed by atoms with van der Waals surface area (Å²) >= 11 is 0. The fraction of sp³-hybridized carbons (Fsp3) is 0.800. The number of carbonyl (C=O) groups excluding carboxylic acids is 1. The Morgan fingerprint density at radius 3 is 2.62 bits per heavy atom. The number of amides is 1. The van der Waals surface area contributed by atoms with Gasteiger partial charge in [-0.1, -0.05) is 20.8 Å². The third kappa shape index (κ3) is 2.21. The molecule has 1 unspecified atom stereocenters. The molecule has 0 saturated carbocycles. The third-order valence-electron chi connectivity index (χ3n) is 2.70. The number of carbonyl (C=O) groups is 1. The van der Waals surface area contributed by atoms with Gasteiger partial charge < -0.3 is 4.90 Å². The van der Waals surface area contributed by atoms with Gasteiger partial charge in [-0.2, -0.15) is 5.26 Å². The topological polar surface area (TPSA) is 44.1 Å². The van der Waals surface area contributed by atoms with Crippen molar-refractivity contribution in [1.29, 1.82) is 5.26 Å². The van der Waals surface area contributed by atoms with Crippen molar-refractivity contribution in [3.8, 4) is 6.07 Å². The van der Waals surface area contributed by atoms with E-state index in [9.17, 15) is 4.79 Å². The molecule has 1 heterocycles. The Morgan fingerprint density at radius 2 is 2.23 bits per heavy atom. The first-order valence-corrected chi connectivity index (χ1v) is 4.60. The van der Waals surface area contributed by atoms with E-state index in [1.54, 1.807) is 4.90 Å². The Kier molecular flexibility index (Phi) is 2.60. The van der Waals surface area contributed by atoms with Gasteiger partial charge in [-0.25, -0.2) is 0 Å². The van der Waals surface area contributed by atoms with Crippen LogP contribution in [0.2, 0.25) is 0 Å². The van der Waals surface area contributed by atoms with Gasteiger partial charge in [0.05, 0.1) is 6.07 Å². The van der Waals surface area contributed by atoms with Crippen molar-refractivity contribution in [1.82, 2.24) is 4.90 Å². The van der Waals surface area contributed by atoms with Gasteiger partial charge >= 0.3 is 0 Å². The number of hydrogen-bond donors (Lipinski definition) is 0. The summed E-state index contributed by atoms with van der Waals surface area (Å²) in [5.41, 5.74) is 0.167. The molecule has 0 aromatic carbocycles. The van der Waals surface area contributed by atoms with Crippen molar-refractivity contribution in [2.45, 2.75) is 27.2 Å². The van der Waals surface area contributed by atoms with Gasteiger partial charge in [-0.15, -0.1) is 0 Å². The summed E-state index contributed by atoms with van der Waals surface area (Å²) < 4.78 is 0. The zero-order valence-electron chi connectivity index (χ0n) is 8.50. The van der Waals surface area contributed by atoms with Crippen molar-refractivity contribution in [2.75, 3.05) is 13.1 Å². The minimum Gasteiger partial charge on any atom is -0.329 e. The average molecular weight is 180 g/mol. The van der Waals surface area contributed by atoms with Crippen molar-refractivity contribution in [3.05, 3.63) is 0 Å². The lowest BCUT2D eigenvalue weighted by Gasteiger charge is -2.25. The summed E-state index contributed by atoms with van der Waals surface area (Å²) in [6, 6.07) is 2.02. The van der Waals surface area contributed by atoms with Crippen molar-refractivity contribution in [2.24, 2.45) is 11.3 Å². The van der Waals surface area contributed by atoms with E-state index in [1.165, 1.54) is 0 Å². The van der Waals surface area contributed by atoms with Crippen LogP contribution in [0, 0.1) is 22.7 Å². The summed E-state index contributed by atoms with van der Waals surface area (Å²) in [4.78, 5) is 13.0. The van der Waals surface area contributed by atoms with E-state index in [1.807, 2.05) is 6.07 Å². The number of nitrogens with zero attached hydrogens (tertiary/aromatic N) is 2. The van der Waals surface area contributed by atoms with Crippen LogP contribution in [0.15, 0.2) is 0 Å². The van der Waals surface area contributed by atoms with Crippen LogP contribution in [0.25, 0.3) is 0 Å². The highest BCUT2D eigenvalue weighted by Gasteiger charge is 2.36. The lowest BCUT2D eigenvalue weighted by Crippen LogP contribution is -2.27. The molecule has 0 aromatic rings. The van der Waals surface area contributed by atoms with Crippen LogP contribution < -0.4 is 0 Å². The third-order valence-corrected chi connectivity index (χ3v) is 2.70. The Morgan fingerprint density at radius 1 is 1.62 bits per heavy atom. The zero-order chi connectivity index (χ0) is 10.1. The van der Waals surface area contributed by atoms with Gasteiger partial charge in [0.15, 0.2) is 0 Å². The monoisotopic (exact) mass is 180 g/mol. The number of hydrogen-bond acceptors (Lipinski definition) is 2.